The maximum atomic E-state index is 12.7. The molecule has 1 fully saturated rings. The molecule has 2 aliphatic heterocycles. The molecule has 0 spiro atoms. The van der Waals surface area contributed by atoms with Crippen LogP contribution in [0.1, 0.15) is 24.8 Å². The zero-order chi connectivity index (χ0) is 14.8. The molecule has 1 atom stereocenters. The van der Waals surface area contributed by atoms with Gasteiger partial charge in [-0.3, -0.25) is 9.59 Å². The number of para-hydroxylation sites is 1. The van der Waals surface area contributed by atoms with E-state index in [9.17, 15) is 9.59 Å². The molecule has 0 N–H and O–H groups in total. The highest BCUT2D eigenvalue weighted by atomic mass is 16.5. The van der Waals surface area contributed by atoms with Crippen LogP contribution < -0.4 is 4.74 Å². The standard InChI is InChI=1S/C16H20N2O3/c1-12(19)17-7-4-8-18(10-9-17)16(20)14-11-21-15-6-3-2-5-13(14)15/h2-3,5-6,14H,4,7-11H2,1H3. The minimum Gasteiger partial charge on any atom is -0.492 e. The molecule has 0 bridgehead atoms. The number of fused-ring (bicyclic) bond motifs is 1. The van der Waals surface area contributed by atoms with Crippen LogP contribution in [-0.2, 0) is 9.59 Å². The topological polar surface area (TPSA) is 49.9 Å². The molecule has 2 heterocycles. The minimum atomic E-state index is -0.204. The summed E-state index contributed by atoms with van der Waals surface area (Å²) in [6.45, 7) is 4.68. The second-order valence-corrected chi connectivity index (χ2v) is 5.59. The quantitative estimate of drug-likeness (QED) is 0.781. The fourth-order valence-corrected chi connectivity index (χ4v) is 3.04. The van der Waals surface area contributed by atoms with Gasteiger partial charge in [0.2, 0.25) is 11.8 Å². The van der Waals surface area contributed by atoms with Gasteiger partial charge < -0.3 is 14.5 Å². The molecule has 1 aromatic rings. The van der Waals surface area contributed by atoms with Crippen LogP contribution in [0.25, 0.3) is 0 Å². The maximum absolute atomic E-state index is 12.7. The highest BCUT2D eigenvalue weighted by Gasteiger charge is 2.33. The second-order valence-electron chi connectivity index (χ2n) is 5.59. The van der Waals surface area contributed by atoms with Crippen LogP contribution in [0.4, 0.5) is 0 Å². The third kappa shape index (κ3) is 2.73. The molecule has 2 aliphatic rings. The van der Waals surface area contributed by atoms with Crippen LogP contribution >= 0.6 is 0 Å². The van der Waals surface area contributed by atoms with E-state index >= 15 is 0 Å². The zero-order valence-corrected chi connectivity index (χ0v) is 12.2. The first-order chi connectivity index (χ1) is 10.2. The Morgan fingerprint density at radius 3 is 2.62 bits per heavy atom. The average Bonchev–Trinajstić information content (AvgIpc) is 2.75. The van der Waals surface area contributed by atoms with Gasteiger partial charge in [-0.1, -0.05) is 18.2 Å². The number of hydrogen-bond donors (Lipinski definition) is 0. The summed E-state index contributed by atoms with van der Waals surface area (Å²) in [6, 6.07) is 7.73. The third-order valence-corrected chi connectivity index (χ3v) is 4.25. The minimum absolute atomic E-state index is 0.0823. The van der Waals surface area contributed by atoms with Crippen LogP contribution in [0, 0.1) is 0 Å². The molecule has 0 aromatic heterocycles. The van der Waals surface area contributed by atoms with Crippen LogP contribution in [0.3, 0.4) is 0 Å². The van der Waals surface area contributed by atoms with Crippen molar-refractivity contribution in [2.24, 2.45) is 0 Å². The first kappa shape index (κ1) is 13.9. The smallest absolute Gasteiger partial charge is 0.233 e. The van der Waals surface area contributed by atoms with E-state index in [1.165, 1.54) is 0 Å². The molecule has 3 rings (SSSR count). The van der Waals surface area contributed by atoms with Crippen molar-refractivity contribution in [3.05, 3.63) is 29.8 Å². The predicted octanol–water partition coefficient (Wildman–Crippen LogP) is 1.24. The largest absolute Gasteiger partial charge is 0.492 e. The van der Waals surface area contributed by atoms with Crippen molar-refractivity contribution in [1.29, 1.82) is 0 Å². The van der Waals surface area contributed by atoms with Crippen molar-refractivity contribution in [3.63, 3.8) is 0 Å². The fraction of sp³-hybridized carbons (Fsp3) is 0.500. The molecular weight excluding hydrogens is 268 g/mol. The van der Waals surface area contributed by atoms with Gasteiger partial charge in [0.1, 0.15) is 18.3 Å². The lowest BCUT2D eigenvalue weighted by Crippen LogP contribution is -2.39. The summed E-state index contributed by atoms with van der Waals surface area (Å²) in [4.78, 5) is 27.9. The van der Waals surface area contributed by atoms with E-state index in [-0.39, 0.29) is 17.7 Å². The van der Waals surface area contributed by atoms with Crippen molar-refractivity contribution in [2.75, 3.05) is 32.8 Å². The van der Waals surface area contributed by atoms with Crippen LogP contribution in [0.15, 0.2) is 24.3 Å². The molecule has 1 aromatic carbocycles. The fourth-order valence-electron chi connectivity index (χ4n) is 3.04. The third-order valence-electron chi connectivity index (χ3n) is 4.25. The van der Waals surface area contributed by atoms with Crippen molar-refractivity contribution < 1.29 is 14.3 Å². The summed E-state index contributed by atoms with van der Waals surface area (Å²) in [5.74, 6) is 0.810. The van der Waals surface area contributed by atoms with Gasteiger partial charge in [0, 0.05) is 38.7 Å². The van der Waals surface area contributed by atoms with Gasteiger partial charge in [-0.05, 0) is 12.5 Å². The summed E-state index contributed by atoms with van der Waals surface area (Å²) in [5.41, 5.74) is 0.982. The van der Waals surface area contributed by atoms with Crippen molar-refractivity contribution in [1.82, 2.24) is 9.80 Å². The number of benzene rings is 1. The van der Waals surface area contributed by atoms with Gasteiger partial charge in [0.25, 0.3) is 0 Å². The number of hydrogen-bond acceptors (Lipinski definition) is 3. The molecular formula is C16H20N2O3. The summed E-state index contributed by atoms with van der Waals surface area (Å²) in [5, 5.41) is 0. The van der Waals surface area contributed by atoms with E-state index in [0.717, 1.165) is 24.3 Å². The Balaban J connectivity index is 1.70. The SMILES string of the molecule is CC(=O)N1CCCN(C(=O)C2COc3ccccc32)CC1. The van der Waals surface area contributed by atoms with Gasteiger partial charge in [0.15, 0.2) is 0 Å². The zero-order valence-electron chi connectivity index (χ0n) is 12.2. The Bertz CT molecular complexity index is 558. The van der Waals surface area contributed by atoms with Crippen LogP contribution in [-0.4, -0.2) is 54.4 Å². The second kappa shape index (κ2) is 5.76. The van der Waals surface area contributed by atoms with Gasteiger partial charge in [0.05, 0.1) is 0 Å². The number of ether oxygens (including phenoxy) is 1. The first-order valence-electron chi connectivity index (χ1n) is 7.43. The van der Waals surface area contributed by atoms with Gasteiger partial charge in [-0.15, -0.1) is 0 Å². The van der Waals surface area contributed by atoms with E-state index in [4.69, 9.17) is 4.74 Å². The monoisotopic (exact) mass is 288 g/mol. The Hall–Kier alpha value is -2.04. The van der Waals surface area contributed by atoms with Gasteiger partial charge in [-0.25, -0.2) is 0 Å². The molecule has 0 aliphatic carbocycles. The summed E-state index contributed by atoms with van der Waals surface area (Å²) >= 11 is 0. The molecule has 1 unspecified atom stereocenters. The summed E-state index contributed by atoms with van der Waals surface area (Å²) in [6.07, 6.45) is 0.834. The first-order valence-corrected chi connectivity index (χ1v) is 7.43. The number of carbonyl (C=O) groups is 2. The lowest BCUT2D eigenvalue weighted by Gasteiger charge is -2.24. The number of rotatable bonds is 1. The molecule has 1 saturated heterocycles. The van der Waals surface area contributed by atoms with E-state index in [1.54, 1.807) is 6.92 Å². The van der Waals surface area contributed by atoms with E-state index in [2.05, 4.69) is 0 Å². The molecule has 21 heavy (non-hydrogen) atoms. The van der Waals surface area contributed by atoms with Crippen LogP contribution in [0.5, 0.6) is 5.75 Å². The molecule has 2 amide bonds. The normalized spacial score (nSPS) is 21.5. The Morgan fingerprint density at radius 2 is 1.81 bits per heavy atom. The van der Waals surface area contributed by atoms with E-state index in [1.807, 2.05) is 34.1 Å². The summed E-state index contributed by atoms with van der Waals surface area (Å²) in [7, 11) is 0. The molecule has 5 heteroatoms. The molecule has 112 valence electrons. The maximum Gasteiger partial charge on any atom is 0.233 e. The van der Waals surface area contributed by atoms with Crippen molar-refractivity contribution in [3.8, 4) is 5.75 Å². The van der Waals surface area contributed by atoms with Gasteiger partial charge in [-0.2, -0.15) is 0 Å². The lowest BCUT2D eigenvalue weighted by molar-refractivity contribution is -0.134. The Morgan fingerprint density at radius 1 is 1.10 bits per heavy atom. The van der Waals surface area contributed by atoms with E-state index in [0.29, 0.717) is 26.2 Å². The molecule has 0 saturated carbocycles. The molecule has 5 nitrogen and oxygen atoms in total. The predicted molar refractivity (Wildman–Crippen MR) is 78.1 cm³/mol. The van der Waals surface area contributed by atoms with Crippen LogP contribution in [0.2, 0.25) is 0 Å². The summed E-state index contributed by atoms with van der Waals surface area (Å²) < 4.78 is 5.60. The highest BCUT2D eigenvalue weighted by Crippen LogP contribution is 2.34. The highest BCUT2D eigenvalue weighted by molar-refractivity contribution is 5.85. The van der Waals surface area contributed by atoms with Crippen molar-refractivity contribution >= 4 is 11.8 Å². The lowest BCUT2D eigenvalue weighted by atomic mass is 10.00. The molecule has 0 radical (unpaired) electrons. The number of amides is 2. The number of carbonyl (C=O) groups excluding carboxylic acids is 2. The Kier molecular flexibility index (Phi) is 3.82. The average molecular weight is 288 g/mol. The van der Waals surface area contributed by atoms with E-state index < -0.39 is 0 Å². The Labute approximate surface area is 124 Å². The van der Waals surface area contributed by atoms with Gasteiger partial charge >= 0.3 is 0 Å². The van der Waals surface area contributed by atoms with Crippen molar-refractivity contribution in [2.45, 2.75) is 19.3 Å². The number of nitrogens with zero attached hydrogens (tertiary/aromatic N) is 2.